The van der Waals surface area contributed by atoms with Crippen molar-refractivity contribution in [2.24, 2.45) is 5.92 Å². The first-order chi connectivity index (χ1) is 10.0. The van der Waals surface area contributed by atoms with Gasteiger partial charge in [-0.05, 0) is 51.6 Å². The van der Waals surface area contributed by atoms with Crippen molar-refractivity contribution in [1.29, 1.82) is 0 Å². The summed E-state index contributed by atoms with van der Waals surface area (Å²) < 4.78 is 5.92. The Morgan fingerprint density at radius 1 is 1.38 bits per heavy atom. The standard InChI is InChI=1S/C18H32N2O/c1-6-17-8-7-14(4)20(17)12-16-9-18(21-15(16)5)11-19-10-13(2)3/h9,13-14,17,19H,6-8,10-12H2,1-5H3. The number of furan rings is 1. The lowest BCUT2D eigenvalue weighted by Crippen LogP contribution is -2.33. The summed E-state index contributed by atoms with van der Waals surface area (Å²) in [4.78, 5) is 2.66. The second kappa shape index (κ2) is 7.46. The van der Waals surface area contributed by atoms with E-state index in [1.807, 2.05) is 0 Å². The van der Waals surface area contributed by atoms with Crippen molar-refractivity contribution in [3.8, 4) is 0 Å². The predicted molar refractivity (Wildman–Crippen MR) is 88.3 cm³/mol. The van der Waals surface area contributed by atoms with Crippen molar-refractivity contribution < 1.29 is 4.42 Å². The van der Waals surface area contributed by atoms with Crippen molar-refractivity contribution in [2.45, 2.75) is 79.1 Å². The molecule has 0 aliphatic carbocycles. The fourth-order valence-electron chi connectivity index (χ4n) is 3.36. The fraction of sp³-hybridized carbons (Fsp3) is 0.778. The van der Waals surface area contributed by atoms with Crippen molar-refractivity contribution >= 4 is 0 Å². The minimum absolute atomic E-state index is 0.677. The number of aryl methyl sites for hydroxylation is 1. The molecule has 0 bridgehead atoms. The molecule has 0 radical (unpaired) electrons. The van der Waals surface area contributed by atoms with Crippen LogP contribution in [0, 0.1) is 12.8 Å². The quantitative estimate of drug-likeness (QED) is 0.820. The minimum Gasteiger partial charge on any atom is -0.465 e. The summed E-state index contributed by atoms with van der Waals surface area (Å²) in [5, 5.41) is 3.46. The molecule has 1 aromatic rings. The Morgan fingerprint density at radius 3 is 2.81 bits per heavy atom. The van der Waals surface area contributed by atoms with Gasteiger partial charge in [0.15, 0.2) is 0 Å². The van der Waals surface area contributed by atoms with E-state index in [0.717, 1.165) is 37.2 Å². The highest BCUT2D eigenvalue weighted by atomic mass is 16.3. The number of hydrogen-bond acceptors (Lipinski definition) is 3. The number of likely N-dealkylation sites (tertiary alicyclic amines) is 1. The maximum atomic E-state index is 5.92. The van der Waals surface area contributed by atoms with Crippen LogP contribution < -0.4 is 5.32 Å². The normalized spacial score (nSPS) is 23.3. The third-order valence-electron chi connectivity index (χ3n) is 4.70. The molecule has 1 saturated heterocycles. The molecule has 1 aromatic heterocycles. The summed E-state index contributed by atoms with van der Waals surface area (Å²) in [6.45, 7) is 14.1. The van der Waals surface area contributed by atoms with Crippen LogP contribution in [0.15, 0.2) is 10.5 Å². The van der Waals surface area contributed by atoms with Gasteiger partial charge in [0, 0.05) is 24.2 Å². The molecule has 1 aliphatic rings. The van der Waals surface area contributed by atoms with Gasteiger partial charge in [0.25, 0.3) is 0 Å². The van der Waals surface area contributed by atoms with Gasteiger partial charge in [0.1, 0.15) is 11.5 Å². The van der Waals surface area contributed by atoms with Crippen LogP contribution in [0.1, 0.15) is 64.0 Å². The summed E-state index contributed by atoms with van der Waals surface area (Å²) in [6, 6.07) is 3.70. The smallest absolute Gasteiger partial charge is 0.118 e. The highest BCUT2D eigenvalue weighted by Crippen LogP contribution is 2.29. The molecule has 3 heteroatoms. The van der Waals surface area contributed by atoms with E-state index in [9.17, 15) is 0 Å². The molecule has 2 unspecified atom stereocenters. The van der Waals surface area contributed by atoms with Gasteiger partial charge >= 0.3 is 0 Å². The van der Waals surface area contributed by atoms with E-state index in [1.165, 1.54) is 24.8 Å². The van der Waals surface area contributed by atoms with Crippen LogP contribution in [0.5, 0.6) is 0 Å². The zero-order chi connectivity index (χ0) is 15.4. The van der Waals surface area contributed by atoms with Crippen LogP contribution in [0.25, 0.3) is 0 Å². The van der Waals surface area contributed by atoms with Crippen LogP contribution in [-0.4, -0.2) is 23.5 Å². The molecule has 1 fully saturated rings. The zero-order valence-corrected chi connectivity index (χ0v) is 14.4. The largest absolute Gasteiger partial charge is 0.465 e. The van der Waals surface area contributed by atoms with Gasteiger partial charge < -0.3 is 9.73 Å². The molecule has 2 heterocycles. The molecule has 21 heavy (non-hydrogen) atoms. The highest BCUT2D eigenvalue weighted by molar-refractivity contribution is 5.21. The topological polar surface area (TPSA) is 28.4 Å². The number of rotatable bonds is 7. The van der Waals surface area contributed by atoms with E-state index in [2.05, 4.69) is 50.9 Å². The molecule has 3 nitrogen and oxygen atoms in total. The van der Waals surface area contributed by atoms with E-state index in [0.29, 0.717) is 12.0 Å². The second-order valence-corrected chi connectivity index (χ2v) is 6.98. The van der Waals surface area contributed by atoms with Gasteiger partial charge in [-0.15, -0.1) is 0 Å². The fourth-order valence-corrected chi connectivity index (χ4v) is 3.36. The molecular weight excluding hydrogens is 260 g/mol. The van der Waals surface area contributed by atoms with E-state index in [-0.39, 0.29) is 0 Å². The average Bonchev–Trinajstić information content (AvgIpc) is 2.94. The first-order valence-electron chi connectivity index (χ1n) is 8.55. The first-order valence-corrected chi connectivity index (χ1v) is 8.55. The zero-order valence-electron chi connectivity index (χ0n) is 14.4. The Hall–Kier alpha value is -0.800. The molecule has 0 spiro atoms. The summed E-state index contributed by atoms with van der Waals surface area (Å²) in [5.41, 5.74) is 1.36. The lowest BCUT2D eigenvalue weighted by molar-refractivity contribution is 0.188. The lowest BCUT2D eigenvalue weighted by atomic mass is 10.1. The number of nitrogens with one attached hydrogen (secondary N) is 1. The van der Waals surface area contributed by atoms with Crippen LogP contribution in [0.4, 0.5) is 0 Å². The third-order valence-corrected chi connectivity index (χ3v) is 4.70. The molecule has 0 aromatic carbocycles. The number of nitrogens with zero attached hydrogens (tertiary/aromatic N) is 1. The predicted octanol–water partition coefficient (Wildman–Crippen LogP) is 4.10. The highest BCUT2D eigenvalue weighted by Gasteiger charge is 2.29. The summed E-state index contributed by atoms with van der Waals surface area (Å²) in [6.07, 6.45) is 3.93. The van der Waals surface area contributed by atoms with E-state index in [4.69, 9.17) is 4.42 Å². The molecule has 1 N–H and O–H groups in total. The van der Waals surface area contributed by atoms with Crippen LogP contribution in [-0.2, 0) is 13.1 Å². The first kappa shape index (κ1) is 16.6. The molecule has 2 atom stereocenters. The van der Waals surface area contributed by atoms with Crippen molar-refractivity contribution in [2.75, 3.05) is 6.54 Å². The van der Waals surface area contributed by atoms with Gasteiger partial charge in [0.05, 0.1) is 6.54 Å². The van der Waals surface area contributed by atoms with Crippen LogP contribution >= 0.6 is 0 Å². The van der Waals surface area contributed by atoms with Crippen LogP contribution in [0.3, 0.4) is 0 Å². The summed E-state index contributed by atoms with van der Waals surface area (Å²) in [5.74, 6) is 2.84. The van der Waals surface area contributed by atoms with Gasteiger partial charge in [-0.3, -0.25) is 4.90 Å². The average molecular weight is 292 g/mol. The number of hydrogen-bond donors (Lipinski definition) is 1. The van der Waals surface area contributed by atoms with Gasteiger partial charge in [-0.1, -0.05) is 20.8 Å². The van der Waals surface area contributed by atoms with Gasteiger partial charge in [-0.2, -0.15) is 0 Å². The molecular formula is C18H32N2O. The van der Waals surface area contributed by atoms with Crippen molar-refractivity contribution in [3.63, 3.8) is 0 Å². The Labute approximate surface area is 130 Å². The Bertz CT molecular complexity index is 438. The van der Waals surface area contributed by atoms with Crippen molar-refractivity contribution in [3.05, 3.63) is 23.2 Å². The van der Waals surface area contributed by atoms with Crippen LogP contribution in [0.2, 0.25) is 0 Å². The lowest BCUT2D eigenvalue weighted by Gasteiger charge is -2.27. The van der Waals surface area contributed by atoms with Crippen molar-refractivity contribution in [1.82, 2.24) is 10.2 Å². The second-order valence-electron chi connectivity index (χ2n) is 6.98. The maximum Gasteiger partial charge on any atom is 0.118 e. The Morgan fingerprint density at radius 2 is 2.14 bits per heavy atom. The van der Waals surface area contributed by atoms with E-state index < -0.39 is 0 Å². The SMILES string of the molecule is CCC1CCC(C)N1Cc1cc(CNCC(C)C)oc1C. The van der Waals surface area contributed by atoms with E-state index in [1.54, 1.807) is 0 Å². The van der Waals surface area contributed by atoms with Gasteiger partial charge in [-0.25, -0.2) is 0 Å². The molecule has 1 aliphatic heterocycles. The third kappa shape index (κ3) is 4.33. The van der Waals surface area contributed by atoms with Gasteiger partial charge in [0.2, 0.25) is 0 Å². The molecule has 2 rings (SSSR count). The summed E-state index contributed by atoms with van der Waals surface area (Å²) >= 11 is 0. The molecule has 0 amide bonds. The monoisotopic (exact) mass is 292 g/mol. The maximum absolute atomic E-state index is 5.92. The van der Waals surface area contributed by atoms with E-state index >= 15 is 0 Å². The minimum atomic E-state index is 0.677. The molecule has 120 valence electrons. The Balaban J connectivity index is 1.95. The summed E-state index contributed by atoms with van der Waals surface area (Å²) in [7, 11) is 0. The Kier molecular flexibility index (Phi) is 5.88. The molecule has 0 saturated carbocycles.